The van der Waals surface area contributed by atoms with E-state index in [1.807, 2.05) is 37.3 Å². The fourth-order valence-electron chi connectivity index (χ4n) is 2.26. The number of hydrogen-bond donors (Lipinski definition) is 1. The molecular weight excluding hydrogens is 282 g/mol. The summed E-state index contributed by atoms with van der Waals surface area (Å²) in [6.45, 7) is 7.05. The Morgan fingerprint density at radius 2 is 2.10 bits per heavy atom. The molecule has 0 unspecified atom stereocenters. The third kappa shape index (κ3) is 3.68. The van der Waals surface area contributed by atoms with Crippen molar-refractivity contribution < 1.29 is 4.74 Å². The van der Waals surface area contributed by atoms with Gasteiger partial charge in [0, 0.05) is 25.1 Å². The Balaban J connectivity index is 2.43. The first-order valence-electron chi connectivity index (χ1n) is 7.19. The van der Waals surface area contributed by atoms with Gasteiger partial charge in [-0.05, 0) is 26.0 Å². The zero-order valence-electron chi connectivity index (χ0n) is 12.5. The van der Waals surface area contributed by atoms with Crippen LogP contribution in [0.5, 0.6) is 0 Å². The first-order chi connectivity index (χ1) is 10.2. The molecule has 0 aliphatic carbocycles. The van der Waals surface area contributed by atoms with E-state index in [9.17, 15) is 0 Å². The highest BCUT2D eigenvalue weighted by Crippen LogP contribution is 2.23. The minimum absolute atomic E-state index is 0.373. The van der Waals surface area contributed by atoms with Gasteiger partial charge in [0.25, 0.3) is 0 Å². The van der Waals surface area contributed by atoms with Gasteiger partial charge in [-0.2, -0.15) is 0 Å². The molecule has 0 fully saturated rings. The number of nitrogens with two attached hydrogens (primary N) is 1. The quantitative estimate of drug-likeness (QED) is 0.629. The Morgan fingerprint density at radius 1 is 1.33 bits per heavy atom. The van der Waals surface area contributed by atoms with Gasteiger partial charge in [0.15, 0.2) is 0 Å². The number of nitrogens with zero attached hydrogens (tertiary/aromatic N) is 2. The first-order valence-corrected chi connectivity index (χ1v) is 7.60. The summed E-state index contributed by atoms with van der Waals surface area (Å²) in [5, 5.41) is 1.05. The van der Waals surface area contributed by atoms with Crippen molar-refractivity contribution in [3.63, 3.8) is 0 Å². The van der Waals surface area contributed by atoms with E-state index in [0.717, 1.165) is 35.4 Å². The SMILES string of the molecule is CCOCCN(CC)c1nc2ccccc2cc1C(N)=S. The average molecular weight is 303 g/mol. The van der Waals surface area contributed by atoms with E-state index in [0.29, 0.717) is 18.2 Å². The van der Waals surface area contributed by atoms with Gasteiger partial charge in [0.05, 0.1) is 17.7 Å². The number of benzene rings is 1. The Labute approximate surface area is 130 Å². The smallest absolute Gasteiger partial charge is 0.139 e. The number of rotatable bonds is 7. The molecule has 1 aromatic carbocycles. The van der Waals surface area contributed by atoms with Crippen molar-refractivity contribution >= 4 is 33.9 Å². The lowest BCUT2D eigenvalue weighted by Crippen LogP contribution is -2.30. The van der Waals surface area contributed by atoms with Crippen LogP contribution >= 0.6 is 12.2 Å². The van der Waals surface area contributed by atoms with Gasteiger partial charge in [-0.3, -0.25) is 0 Å². The average Bonchev–Trinajstić information content (AvgIpc) is 2.50. The van der Waals surface area contributed by atoms with Crippen molar-refractivity contribution in [1.29, 1.82) is 0 Å². The van der Waals surface area contributed by atoms with Crippen LogP contribution in [0.15, 0.2) is 30.3 Å². The molecule has 112 valence electrons. The van der Waals surface area contributed by atoms with E-state index in [2.05, 4.69) is 11.8 Å². The van der Waals surface area contributed by atoms with E-state index >= 15 is 0 Å². The van der Waals surface area contributed by atoms with Crippen molar-refractivity contribution in [2.75, 3.05) is 31.2 Å². The van der Waals surface area contributed by atoms with E-state index < -0.39 is 0 Å². The van der Waals surface area contributed by atoms with Crippen LogP contribution in [-0.2, 0) is 4.74 Å². The Bertz CT molecular complexity index is 630. The third-order valence-corrected chi connectivity index (χ3v) is 3.58. The fourth-order valence-corrected chi connectivity index (χ4v) is 2.41. The summed E-state index contributed by atoms with van der Waals surface area (Å²) < 4.78 is 5.44. The molecule has 0 radical (unpaired) electrons. The van der Waals surface area contributed by atoms with E-state index in [-0.39, 0.29) is 0 Å². The molecule has 2 rings (SSSR count). The number of likely N-dealkylation sites (N-methyl/N-ethyl adjacent to an activating group) is 1. The molecule has 4 nitrogen and oxygen atoms in total. The number of para-hydroxylation sites is 1. The van der Waals surface area contributed by atoms with E-state index in [1.165, 1.54) is 0 Å². The molecule has 1 heterocycles. The minimum atomic E-state index is 0.373. The summed E-state index contributed by atoms with van der Waals surface area (Å²) in [5.41, 5.74) is 7.65. The number of ether oxygens (including phenoxy) is 1. The van der Waals surface area contributed by atoms with Crippen LogP contribution in [0.3, 0.4) is 0 Å². The van der Waals surface area contributed by atoms with Gasteiger partial charge in [-0.15, -0.1) is 0 Å². The first kappa shape index (κ1) is 15.7. The molecule has 0 saturated heterocycles. The topological polar surface area (TPSA) is 51.4 Å². The lowest BCUT2D eigenvalue weighted by molar-refractivity contribution is 0.154. The monoisotopic (exact) mass is 303 g/mol. The molecule has 0 aliphatic rings. The Hall–Kier alpha value is -1.72. The summed E-state index contributed by atoms with van der Waals surface area (Å²) in [4.78, 5) is 7.27. The predicted octanol–water partition coefficient (Wildman–Crippen LogP) is 2.73. The summed E-state index contributed by atoms with van der Waals surface area (Å²) in [7, 11) is 0. The van der Waals surface area contributed by atoms with Gasteiger partial charge in [0.2, 0.25) is 0 Å². The number of pyridine rings is 1. The third-order valence-electron chi connectivity index (χ3n) is 3.36. The number of anilines is 1. The largest absolute Gasteiger partial charge is 0.389 e. The molecule has 1 aromatic heterocycles. The van der Waals surface area contributed by atoms with E-state index in [1.54, 1.807) is 0 Å². The summed E-state index contributed by atoms with van der Waals surface area (Å²) >= 11 is 5.19. The number of aromatic nitrogens is 1. The van der Waals surface area contributed by atoms with Gasteiger partial charge < -0.3 is 15.4 Å². The highest BCUT2D eigenvalue weighted by atomic mass is 32.1. The molecule has 0 atom stereocenters. The van der Waals surface area contributed by atoms with Crippen molar-refractivity contribution in [2.24, 2.45) is 5.73 Å². The van der Waals surface area contributed by atoms with Crippen molar-refractivity contribution in [1.82, 2.24) is 4.98 Å². The van der Waals surface area contributed by atoms with Crippen molar-refractivity contribution in [3.05, 3.63) is 35.9 Å². The molecule has 21 heavy (non-hydrogen) atoms. The number of hydrogen-bond acceptors (Lipinski definition) is 4. The summed E-state index contributed by atoms with van der Waals surface area (Å²) in [6, 6.07) is 10.0. The Morgan fingerprint density at radius 3 is 2.76 bits per heavy atom. The van der Waals surface area contributed by atoms with Crippen LogP contribution in [0.2, 0.25) is 0 Å². The fraction of sp³-hybridized carbons (Fsp3) is 0.375. The molecule has 0 amide bonds. The molecule has 0 saturated carbocycles. The molecule has 2 N–H and O–H groups in total. The van der Waals surface area contributed by atoms with Gasteiger partial charge in [-0.25, -0.2) is 4.98 Å². The maximum atomic E-state index is 5.89. The van der Waals surface area contributed by atoms with Crippen LogP contribution in [0, 0.1) is 0 Å². The number of thiocarbonyl (C=S) groups is 1. The second-order valence-corrected chi connectivity index (χ2v) is 5.13. The molecule has 5 heteroatoms. The van der Waals surface area contributed by atoms with E-state index in [4.69, 9.17) is 27.7 Å². The predicted molar refractivity (Wildman–Crippen MR) is 92.0 cm³/mol. The molecule has 0 aliphatic heterocycles. The van der Waals surface area contributed by atoms with Crippen LogP contribution in [-0.4, -0.2) is 36.3 Å². The van der Waals surface area contributed by atoms with Crippen LogP contribution in [0.4, 0.5) is 5.82 Å². The zero-order valence-corrected chi connectivity index (χ0v) is 13.3. The van der Waals surface area contributed by atoms with Crippen molar-refractivity contribution in [2.45, 2.75) is 13.8 Å². The number of fused-ring (bicyclic) bond motifs is 1. The maximum absolute atomic E-state index is 5.89. The zero-order chi connectivity index (χ0) is 15.2. The molecule has 0 bridgehead atoms. The lowest BCUT2D eigenvalue weighted by atomic mass is 10.1. The van der Waals surface area contributed by atoms with Crippen LogP contribution in [0.1, 0.15) is 19.4 Å². The molecule has 2 aromatic rings. The van der Waals surface area contributed by atoms with Crippen LogP contribution in [0.25, 0.3) is 10.9 Å². The van der Waals surface area contributed by atoms with Gasteiger partial charge in [-0.1, -0.05) is 30.4 Å². The van der Waals surface area contributed by atoms with Gasteiger partial charge >= 0.3 is 0 Å². The minimum Gasteiger partial charge on any atom is -0.389 e. The molecule has 0 spiro atoms. The summed E-state index contributed by atoms with van der Waals surface area (Å²) in [5.74, 6) is 0.836. The second-order valence-electron chi connectivity index (χ2n) is 4.69. The maximum Gasteiger partial charge on any atom is 0.139 e. The molecular formula is C16H21N3OS. The second kappa shape index (κ2) is 7.33. The van der Waals surface area contributed by atoms with Crippen LogP contribution < -0.4 is 10.6 Å². The highest BCUT2D eigenvalue weighted by molar-refractivity contribution is 7.80. The highest BCUT2D eigenvalue weighted by Gasteiger charge is 2.15. The normalized spacial score (nSPS) is 10.8. The van der Waals surface area contributed by atoms with Crippen molar-refractivity contribution in [3.8, 4) is 0 Å². The lowest BCUT2D eigenvalue weighted by Gasteiger charge is -2.24. The Kier molecular flexibility index (Phi) is 5.47. The standard InChI is InChI=1S/C16H21N3OS/c1-3-19(9-10-20-4-2)16-13(15(17)21)11-12-7-5-6-8-14(12)18-16/h5-8,11H,3-4,9-10H2,1-2H3,(H2,17,21). The summed E-state index contributed by atoms with van der Waals surface area (Å²) in [6.07, 6.45) is 0. The van der Waals surface area contributed by atoms with Gasteiger partial charge in [0.1, 0.15) is 10.8 Å².